The minimum atomic E-state index is -0.917. The van der Waals surface area contributed by atoms with E-state index in [9.17, 15) is 9.90 Å². The van der Waals surface area contributed by atoms with Gasteiger partial charge in [-0.25, -0.2) is 19.7 Å². The maximum atomic E-state index is 11.2. The van der Waals surface area contributed by atoms with Crippen molar-refractivity contribution < 1.29 is 9.90 Å². The van der Waals surface area contributed by atoms with E-state index in [1.165, 1.54) is 4.90 Å². The summed E-state index contributed by atoms with van der Waals surface area (Å²) in [6, 6.07) is 0. The molecular formula is C12H12ClN5O2. The zero-order chi connectivity index (χ0) is 14.1. The van der Waals surface area contributed by atoms with E-state index >= 15 is 0 Å². The summed E-state index contributed by atoms with van der Waals surface area (Å²) in [6.07, 6.45) is 6.96. The highest BCUT2D eigenvalue weighted by Gasteiger charge is 2.31. The van der Waals surface area contributed by atoms with Gasteiger partial charge >= 0.3 is 6.09 Å². The van der Waals surface area contributed by atoms with Crippen LogP contribution in [0.15, 0.2) is 24.9 Å². The number of aromatic nitrogens is 4. The summed E-state index contributed by atoms with van der Waals surface area (Å²) < 4.78 is 1.84. The number of likely N-dealkylation sites (tertiary alicyclic amines) is 1. The van der Waals surface area contributed by atoms with Crippen molar-refractivity contribution in [3.8, 4) is 11.3 Å². The first-order chi connectivity index (χ1) is 9.66. The monoisotopic (exact) mass is 293 g/mol. The topological polar surface area (TPSA) is 84.1 Å². The van der Waals surface area contributed by atoms with Crippen molar-refractivity contribution in [3.05, 3.63) is 30.2 Å². The average molecular weight is 294 g/mol. The van der Waals surface area contributed by atoms with Gasteiger partial charge in [-0.1, -0.05) is 0 Å². The molecule has 8 heteroatoms. The molecule has 3 heterocycles. The molecular weight excluding hydrogens is 282 g/mol. The molecule has 20 heavy (non-hydrogen) atoms. The second-order valence-corrected chi connectivity index (χ2v) is 4.86. The zero-order valence-electron chi connectivity index (χ0n) is 10.5. The number of rotatable bonds is 2. The van der Waals surface area contributed by atoms with Gasteiger partial charge in [-0.3, -0.25) is 4.90 Å². The third kappa shape index (κ3) is 2.20. The van der Waals surface area contributed by atoms with Crippen molar-refractivity contribution >= 4 is 17.7 Å². The first-order valence-corrected chi connectivity index (χ1v) is 6.54. The van der Waals surface area contributed by atoms with E-state index in [0.717, 1.165) is 24.1 Å². The van der Waals surface area contributed by atoms with Gasteiger partial charge in [0.05, 0.1) is 18.2 Å². The molecule has 0 aliphatic carbocycles. The lowest BCUT2D eigenvalue weighted by molar-refractivity contribution is 0.124. The zero-order valence-corrected chi connectivity index (χ0v) is 11.2. The number of nitrogens with zero attached hydrogens (tertiary/aromatic N) is 5. The lowest BCUT2D eigenvalue weighted by Crippen LogP contribution is -2.32. The maximum Gasteiger partial charge on any atom is 0.408 e. The Morgan fingerprint density at radius 2 is 2.10 bits per heavy atom. The number of halogens is 1. The molecule has 0 bridgehead atoms. The van der Waals surface area contributed by atoms with E-state index in [1.54, 1.807) is 24.9 Å². The van der Waals surface area contributed by atoms with E-state index in [1.807, 2.05) is 4.57 Å². The number of imidazole rings is 1. The van der Waals surface area contributed by atoms with Crippen molar-refractivity contribution in [3.63, 3.8) is 0 Å². The Bertz CT molecular complexity index is 627. The lowest BCUT2D eigenvalue weighted by atomic mass is 10.2. The van der Waals surface area contributed by atoms with Crippen LogP contribution in [0.3, 0.4) is 0 Å². The van der Waals surface area contributed by atoms with Crippen molar-refractivity contribution in [2.75, 3.05) is 6.54 Å². The molecule has 104 valence electrons. The molecule has 1 aliphatic heterocycles. The fraction of sp³-hybridized carbons (Fsp3) is 0.333. The first-order valence-electron chi connectivity index (χ1n) is 6.16. The van der Waals surface area contributed by atoms with Gasteiger partial charge in [0.2, 0.25) is 5.28 Å². The fourth-order valence-corrected chi connectivity index (χ4v) is 2.57. The molecule has 7 nitrogen and oxygen atoms in total. The summed E-state index contributed by atoms with van der Waals surface area (Å²) in [5, 5.41) is 9.40. The molecule has 3 rings (SSSR count). The van der Waals surface area contributed by atoms with Crippen LogP contribution in [0.25, 0.3) is 11.3 Å². The molecule has 1 atom stereocenters. The number of hydrogen-bond donors (Lipinski definition) is 1. The molecule has 0 radical (unpaired) electrons. The Hall–Kier alpha value is -2.15. The Kier molecular flexibility index (Phi) is 3.27. The molecule has 1 amide bonds. The van der Waals surface area contributed by atoms with Crippen LogP contribution in [0, 0.1) is 0 Å². The van der Waals surface area contributed by atoms with Gasteiger partial charge in [0.15, 0.2) is 0 Å². The third-order valence-corrected chi connectivity index (χ3v) is 3.57. The van der Waals surface area contributed by atoms with E-state index < -0.39 is 6.09 Å². The second-order valence-electron chi connectivity index (χ2n) is 4.53. The third-order valence-electron chi connectivity index (χ3n) is 3.37. The average Bonchev–Trinajstić information content (AvgIpc) is 3.07. The van der Waals surface area contributed by atoms with E-state index in [4.69, 9.17) is 11.6 Å². The standard InChI is InChI=1S/C12H12ClN5O2/c13-11-15-4-8(5-16-11)9-6-14-7-18(9)10-2-1-3-17(10)12(19)20/h4-7,10H,1-3H2,(H,19,20). The highest BCUT2D eigenvalue weighted by atomic mass is 35.5. The van der Waals surface area contributed by atoms with Crippen molar-refractivity contribution in [1.82, 2.24) is 24.4 Å². The van der Waals surface area contributed by atoms with Crippen LogP contribution in [0.5, 0.6) is 0 Å². The molecule has 0 aromatic carbocycles. The molecule has 1 fully saturated rings. The first kappa shape index (κ1) is 12.9. The quantitative estimate of drug-likeness (QED) is 0.859. The molecule has 2 aromatic rings. The minimum Gasteiger partial charge on any atom is -0.465 e. The Balaban J connectivity index is 1.98. The summed E-state index contributed by atoms with van der Waals surface area (Å²) in [6.45, 7) is 0.536. The summed E-state index contributed by atoms with van der Waals surface area (Å²) in [7, 11) is 0. The van der Waals surface area contributed by atoms with Gasteiger partial charge in [0.25, 0.3) is 0 Å². The summed E-state index contributed by atoms with van der Waals surface area (Å²) in [5.41, 5.74) is 1.53. The van der Waals surface area contributed by atoms with Gasteiger partial charge in [-0.15, -0.1) is 0 Å². The highest BCUT2D eigenvalue weighted by molar-refractivity contribution is 6.28. The van der Waals surface area contributed by atoms with Gasteiger partial charge in [0.1, 0.15) is 6.17 Å². The van der Waals surface area contributed by atoms with Crippen LogP contribution < -0.4 is 0 Å². The van der Waals surface area contributed by atoms with Crippen molar-refractivity contribution in [2.45, 2.75) is 19.0 Å². The molecule has 0 spiro atoms. The van der Waals surface area contributed by atoms with E-state index in [-0.39, 0.29) is 11.4 Å². The van der Waals surface area contributed by atoms with Crippen LogP contribution in [-0.4, -0.2) is 42.2 Å². The maximum absolute atomic E-state index is 11.2. The van der Waals surface area contributed by atoms with Crippen LogP contribution in [0.4, 0.5) is 4.79 Å². The molecule has 2 aromatic heterocycles. The van der Waals surface area contributed by atoms with Gasteiger partial charge in [0, 0.05) is 24.5 Å². The van der Waals surface area contributed by atoms with Crippen LogP contribution >= 0.6 is 11.6 Å². The summed E-state index contributed by atoms with van der Waals surface area (Å²) >= 11 is 5.67. The van der Waals surface area contributed by atoms with E-state index in [0.29, 0.717) is 6.54 Å². The molecule has 0 saturated carbocycles. The second kappa shape index (κ2) is 5.09. The largest absolute Gasteiger partial charge is 0.465 e. The molecule has 1 N–H and O–H groups in total. The molecule has 1 aliphatic rings. The summed E-state index contributed by atoms with van der Waals surface area (Å²) in [4.78, 5) is 24.7. The number of carbonyl (C=O) groups is 1. The predicted octanol–water partition coefficient (Wildman–Crippen LogP) is 2.27. The van der Waals surface area contributed by atoms with Crippen LogP contribution in [-0.2, 0) is 0 Å². The Morgan fingerprint density at radius 3 is 2.80 bits per heavy atom. The Labute approximate surface area is 119 Å². The van der Waals surface area contributed by atoms with Gasteiger partial charge < -0.3 is 9.67 Å². The normalized spacial score (nSPS) is 18.4. The molecule has 1 saturated heterocycles. The Morgan fingerprint density at radius 1 is 1.35 bits per heavy atom. The van der Waals surface area contributed by atoms with E-state index in [2.05, 4.69) is 15.0 Å². The van der Waals surface area contributed by atoms with Gasteiger partial charge in [-0.2, -0.15) is 0 Å². The van der Waals surface area contributed by atoms with Crippen molar-refractivity contribution in [2.24, 2.45) is 0 Å². The minimum absolute atomic E-state index is 0.174. The number of hydrogen-bond acceptors (Lipinski definition) is 4. The highest BCUT2D eigenvalue weighted by Crippen LogP contribution is 2.31. The smallest absolute Gasteiger partial charge is 0.408 e. The number of carboxylic acid groups (broad SMARTS) is 1. The predicted molar refractivity (Wildman–Crippen MR) is 71.3 cm³/mol. The van der Waals surface area contributed by atoms with Crippen molar-refractivity contribution in [1.29, 1.82) is 0 Å². The molecule has 1 unspecified atom stereocenters. The summed E-state index contributed by atoms with van der Waals surface area (Å²) in [5.74, 6) is 0. The van der Waals surface area contributed by atoms with Crippen LogP contribution in [0.1, 0.15) is 19.0 Å². The SMILES string of the molecule is O=C(O)N1CCCC1n1cncc1-c1cnc(Cl)nc1. The fourth-order valence-electron chi connectivity index (χ4n) is 2.47. The lowest BCUT2D eigenvalue weighted by Gasteiger charge is -2.24. The number of amides is 1. The van der Waals surface area contributed by atoms with Gasteiger partial charge in [-0.05, 0) is 24.4 Å². The van der Waals surface area contributed by atoms with Crippen LogP contribution in [0.2, 0.25) is 5.28 Å².